The van der Waals surface area contributed by atoms with E-state index in [9.17, 15) is 4.79 Å². The van der Waals surface area contributed by atoms with E-state index < -0.39 is 6.04 Å². The van der Waals surface area contributed by atoms with Crippen LogP contribution in [0.3, 0.4) is 0 Å². The molecule has 1 heterocycles. The molecule has 0 aliphatic carbocycles. The fourth-order valence-electron chi connectivity index (χ4n) is 1.57. The number of hydrogen-bond acceptors (Lipinski definition) is 3. The van der Waals surface area contributed by atoms with Crippen molar-refractivity contribution < 1.29 is 4.79 Å². The third-order valence-corrected chi connectivity index (χ3v) is 2.44. The number of carbonyl (C=O) groups is 1. The van der Waals surface area contributed by atoms with Crippen molar-refractivity contribution in [2.75, 3.05) is 5.32 Å². The Bertz CT molecular complexity index is 351. The van der Waals surface area contributed by atoms with Crippen molar-refractivity contribution in [2.24, 2.45) is 11.7 Å². The summed E-state index contributed by atoms with van der Waals surface area (Å²) in [5, 5.41) is 9.63. The Hall–Kier alpha value is -1.36. The molecule has 16 heavy (non-hydrogen) atoms. The van der Waals surface area contributed by atoms with Crippen LogP contribution in [-0.2, 0) is 4.79 Å². The summed E-state index contributed by atoms with van der Waals surface area (Å²) in [5.41, 5.74) is 8.16. The van der Waals surface area contributed by atoms with Gasteiger partial charge in [0.25, 0.3) is 0 Å². The van der Waals surface area contributed by atoms with Gasteiger partial charge < -0.3 is 11.1 Å². The smallest absolute Gasteiger partial charge is 0.241 e. The maximum atomic E-state index is 11.8. The fourth-order valence-corrected chi connectivity index (χ4v) is 1.57. The highest BCUT2D eigenvalue weighted by molar-refractivity contribution is 5.95. The monoisotopic (exact) mass is 224 g/mol. The van der Waals surface area contributed by atoms with Crippen molar-refractivity contribution in [3.63, 3.8) is 0 Å². The predicted octanol–water partition coefficient (Wildman–Crippen LogP) is 1.34. The molecule has 0 aliphatic heterocycles. The maximum Gasteiger partial charge on any atom is 0.241 e. The zero-order valence-corrected chi connectivity index (χ0v) is 10.3. The fraction of sp³-hybridized carbons (Fsp3) is 0.636. The lowest BCUT2D eigenvalue weighted by Crippen LogP contribution is -2.36. The Morgan fingerprint density at radius 3 is 2.56 bits per heavy atom. The molecule has 1 aromatic rings. The van der Waals surface area contributed by atoms with Gasteiger partial charge in [-0.2, -0.15) is 5.10 Å². The summed E-state index contributed by atoms with van der Waals surface area (Å²) in [7, 11) is 0. The van der Waals surface area contributed by atoms with Crippen LogP contribution in [0, 0.1) is 19.8 Å². The van der Waals surface area contributed by atoms with Crippen LogP contribution >= 0.6 is 0 Å². The van der Waals surface area contributed by atoms with Gasteiger partial charge in [0.15, 0.2) is 0 Å². The van der Waals surface area contributed by atoms with Crippen molar-refractivity contribution >= 4 is 11.6 Å². The Morgan fingerprint density at radius 1 is 1.50 bits per heavy atom. The number of aryl methyl sites for hydroxylation is 2. The molecule has 5 nitrogen and oxygen atoms in total. The normalized spacial score (nSPS) is 12.9. The number of nitrogens with zero attached hydrogens (tertiary/aromatic N) is 1. The van der Waals surface area contributed by atoms with Crippen LogP contribution in [0.1, 0.15) is 31.7 Å². The summed E-state index contributed by atoms with van der Waals surface area (Å²) in [4.78, 5) is 11.8. The molecule has 0 saturated carbocycles. The van der Waals surface area contributed by atoms with E-state index in [2.05, 4.69) is 15.5 Å². The van der Waals surface area contributed by atoms with Gasteiger partial charge in [-0.25, -0.2) is 0 Å². The number of H-pyrrole nitrogens is 1. The summed E-state index contributed by atoms with van der Waals surface area (Å²) >= 11 is 0. The van der Waals surface area contributed by atoms with Gasteiger partial charge in [-0.3, -0.25) is 9.89 Å². The van der Waals surface area contributed by atoms with Crippen LogP contribution in [0.25, 0.3) is 0 Å². The Kier molecular flexibility index (Phi) is 4.06. The number of rotatable bonds is 4. The number of aromatic amines is 1. The van der Waals surface area contributed by atoms with Gasteiger partial charge in [-0.15, -0.1) is 0 Å². The van der Waals surface area contributed by atoms with E-state index >= 15 is 0 Å². The molecule has 0 unspecified atom stereocenters. The average Bonchev–Trinajstić information content (AvgIpc) is 2.48. The van der Waals surface area contributed by atoms with Crippen LogP contribution in [0.15, 0.2) is 0 Å². The second-order valence-corrected chi connectivity index (χ2v) is 4.53. The maximum absolute atomic E-state index is 11.8. The summed E-state index contributed by atoms with van der Waals surface area (Å²) in [6.07, 6.45) is 0.682. The van der Waals surface area contributed by atoms with Crippen molar-refractivity contribution in [3.05, 3.63) is 11.4 Å². The minimum atomic E-state index is -0.464. The first-order valence-electron chi connectivity index (χ1n) is 5.49. The lowest BCUT2D eigenvalue weighted by Gasteiger charge is -2.14. The molecule has 4 N–H and O–H groups in total. The molecule has 1 aromatic heterocycles. The highest BCUT2D eigenvalue weighted by Gasteiger charge is 2.17. The molecule has 1 amide bonds. The van der Waals surface area contributed by atoms with Crippen molar-refractivity contribution in [2.45, 2.75) is 40.2 Å². The molecule has 1 atom stereocenters. The summed E-state index contributed by atoms with van der Waals surface area (Å²) < 4.78 is 0. The van der Waals surface area contributed by atoms with Gasteiger partial charge in [0.2, 0.25) is 5.91 Å². The third-order valence-electron chi connectivity index (χ3n) is 2.44. The molecular weight excluding hydrogens is 204 g/mol. The van der Waals surface area contributed by atoms with Crippen LogP contribution in [-0.4, -0.2) is 22.1 Å². The molecule has 0 bridgehead atoms. The van der Waals surface area contributed by atoms with Gasteiger partial charge in [-0.1, -0.05) is 13.8 Å². The number of nitrogens with one attached hydrogen (secondary N) is 2. The molecule has 0 saturated heterocycles. The van der Waals surface area contributed by atoms with E-state index in [1.807, 2.05) is 27.7 Å². The summed E-state index contributed by atoms with van der Waals surface area (Å²) in [6.45, 7) is 7.79. The largest absolute Gasteiger partial charge is 0.322 e. The van der Waals surface area contributed by atoms with E-state index in [0.29, 0.717) is 12.3 Å². The Labute approximate surface area is 95.8 Å². The molecule has 0 aliphatic rings. The van der Waals surface area contributed by atoms with Gasteiger partial charge >= 0.3 is 0 Å². The minimum absolute atomic E-state index is 0.152. The van der Waals surface area contributed by atoms with Gasteiger partial charge in [-0.05, 0) is 26.2 Å². The quantitative estimate of drug-likeness (QED) is 0.721. The molecular formula is C11H20N4O. The van der Waals surface area contributed by atoms with Crippen molar-refractivity contribution in [3.8, 4) is 0 Å². The summed E-state index contributed by atoms with van der Waals surface area (Å²) in [6, 6.07) is -0.464. The van der Waals surface area contributed by atoms with Crippen LogP contribution in [0.5, 0.6) is 0 Å². The highest BCUT2D eigenvalue weighted by atomic mass is 16.2. The first kappa shape index (κ1) is 12.7. The minimum Gasteiger partial charge on any atom is -0.322 e. The van der Waals surface area contributed by atoms with Crippen LogP contribution in [0.2, 0.25) is 0 Å². The number of nitrogens with two attached hydrogens (primary N) is 1. The van der Waals surface area contributed by atoms with Gasteiger partial charge in [0.05, 0.1) is 23.1 Å². The van der Waals surface area contributed by atoms with Crippen molar-refractivity contribution in [1.29, 1.82) is 0 Å². The number of aromatic nitrogens is 2. The SMILES string of the molecule is Cc1n[nH]c(C)c1NC(=O)[C@H](N)CC(C)C. The first-order valence-corrected chi connectivity index (χ1v) is 5.49. The molecule has 90 valence electrons. The molecule has 0 fully saturated rings. The van der Waals surface area contributed by atoms with E-state index in [4.69, 9.17) is 5.73 Å². The molecule has 0 radical (unpaired) electrons. The Balaban J connectivity index is 2.64. The molecule has 0 spiro atoms. The van der Waals surface area contributed by atoms with E-state index in [1.165, 1.54) is 0 Å². The number of carbonyl (C=O) groups excluding carboxylic acids is 1. The number of hydrogen-bond donors (Lipinski definition) is 3. The van der Waals surface area contributed by atoms with E-state index in [0.717, 1.165) is 17.1 Å². The van der Waals surface area contributed by atoms with Gasteiger partial charge in [0.1, 0.15) is 0 Å². The lowest BCUT2D eigenvalue weighted by molar-refractivity contribution is -0.117. The zero-order chi connectivity index (χ0) is 12.3. The zero-order valence-electron chi connectivity index (χ0n) is 10.3. The molecule has 1 rings (SSSR count). The standard InChI is InChI=1S/C11H20N4O/c1-6(2)5-9(12)11(16)13-10-7(3)14-15-8(10)4/h6,9H,5,12H2,1-4H3,(H,13,16)(H,14,15)/t9-/m1/s1. The van der Waals surface area contributed by atoms with Crippen molar-refractivity contribution in [1.82, 2.24) is 10.2 Å². The van der Waals surface area contributed by atoms with Crippen LogP contribution in [0.4, 0.5) is 5.69 Å². The van der Waals surface area contributed by atoms with E-state index in [1.54, 1.807) is 0 Å². The topological polar surface area (TPSA) is 83.8 Å². The second kappa shape index (κ2) is 5.12. The third kappa shape index (κ3) is 3.06. The lowest BCUT2D eigenvalue weighted by atomic mass is 10.0. The Morgan fingerprint density at radius 2 is 2.12 bits per heavy atom. The first-order chi connectivity index (χ1) is 7.41. The molecule has 5 heteroatoms. The highest BCUT2D eigenvalue weighted by Crippen LogP contribution is 2.16. The summed E-state index contributed by atoms with van der Waals surface area (Å²) in [5.74, 6) is 0.258. The number of anilines is 1. The number of amides is 1. The van der Waals surface area contributed by atoms with Crippen LogP contribution < -0.4 is 11.1 Å². The predicted molar refractivity (Wildman–Crippen MR) is 64.1 cm³/mol. The second-order valence-electron chi connectivity index (χ2n) is 4.53. The average molecular weight is 224 g/mol. The van der Waals surface area contributed by atoms with E-state index in [-0.39, 0.29) is 5.91 Å². The molecule has 0 aromatic carbocycles. The van der Waals surface area contributed by atoms with Gasteiger partial charge in [0, 0.05) is 0 Å².